The lowest BCUT2D eigenvalue weighted by Gasteiger charge is -2.27. The van der Waals surface area contributed by atoms with Crippen LogP contribution in [0.2, 0.25) is 0 Å². The molecule has 0 aliphatic rings. The summed E-state index contributed by atoms with van der Waals surface area (Å²) in [6.07, 6.45) is 11.2. The molecule has 6 aromatic rings. The minimum absolute atomic E-state index is 0.556. The number of hydrogen-bond donors (Lipinski definition) is 0. The van der Waals surface area contributed by atoms with Crippen LogP contribution < -0.4 is 15.9 Å². The van der Waals surface area contributed by atoms with Crippen LogP contribution in [0, 0.1) is 0 Å². The molecule has 10 heteroatoms. The van der Waals surface area contributed by atoms with Crippen LogP contribution in [0.15, 0.2) is 217 Å². The molecular weight excluding hydrogens is 786 g/mol. The molecule has 0 saturated carbocycles. The van der Waals surface area contributed by atoms with Gasteiger partial charge in [0.05, 0.1) is 49.2 Å². The fourth-order valence-electron chi connectivity index (χ4n) is 6.07. The summed E-state index contributed by atoms with van der Waals surface area (Å²) in [7, 11) is -2.15. The molecule has 0 saturated heterocycles. The van der Waals surface area contributed by atoms with Gasteiger partial charge in [-0.25, -0.2) is 29.6 Å². The highest BCUT2D eigenvalue weighted by Gasteiger charge is 2.27. The minimum atomic E-state index is -2.15. The first-order valence-corrected chi connectivity index (χ1v) is 22.8. The maximum absolute atomic E-state index is 9.63. The van der Waals surface area contributed by atoms with Crippen molar-refractivity contribution in [2.45, 2.75) is 51.4 Å². The SMILES string of the molecule is C(=NCCCCCCN=C=Nc1ccccc1)=Nc1ccccc1.O=C=NCCCCCCN=C=O.c1ccc(N=P(c2ccccc2)(c2ccccc2)c2ccccc2)cc1. The Morgan fingerprint density at radius 1 is 0.323 bits per heavy atom. The largest absolute Gasteiger partial charge is 0.254 e. The molecule has 6 rings (SSSR count). The maximum Gasteiger partial charge on any atom is 0.234 e. The summed E-state index contributed by atoms with van der Waals surface area (Å²) in [5.41, 5.74) is 2.78. The quantitative estimate of drug-likeness (QED) is 0.0329. The van der Waals surface area contributed by atoms with Gasteiger partial charge in [0.2, 0.25) is 12.2 Å². The Kier molecular flexibility index (Phi) is 23.9. The van der Waals surface area contributed by atoms with E-state index in [1.807, 2.05) is 66.7 Å². The van der Waals surface area contributed by atoms with Gasteiger partial charge >= 0.3 is 0 Å². The molecule has 9 nitrogen and oxygen atoms in total. The molecule has 0 bridgehead atoms. The van der Waals surface area contributed by atoms with E-state index in [4.69, 9.17) is 4.74 Å². The van der Waals surface area contributed by atoms with Crippen LogP contribution in [-0.4, -0.2) is 50.4 Å². The molecule has 0 N–H and O–H groups in total. The van der Waals surface area contributed by atoms with Gasteiger partial charge in [-0.2, -0.15) is 9.98 Å². The number of carbonyl (C=O) groups excluding carboxylic acids is 2. The Labute approximate surface area is 366 Å². The van der Waals surface area contributed by atoms with Gasteiger partial charge in [-0.3, -0.25) is 4.74 Å². The summed E-state index contributed by atoms with van der Waals surface area (Å²) in [5.74, 6) is 0. The van der Waals surface area contributed by atoms with Crippen LogP contribution >= 0.6 is 7.05 Å². The van der Waals surface area contributed by atoms with Crippen LogP contribution in [0.4, 0.5) is 17.1 Å². The molecule has 0 aromatic heterocycles. The van der Waals surface area contributed by atoms with Crippen molar-refractivity contribution in [3.05, 3.63) is 182 Å². The Morgan fingerprint density at radius 3 is 0.903 bits per heavy atom. The number of para-hydroxylation sites is 2. The van der Waals surface area contributed by atoms with Crippen molar-refractivity contribution in [2.24, 2.45) is 34.7 Å². The third-order valence-electron chi connectivity index (χ3n) is 9.13. The van der Waals surface area contributed by atoms with E-state index in [2.05, 4.69) is 157 Å². The zero-order valence-corrected chi connectivity index (χ0v) is 36.1. The van der Waals surface area contributed by atoms with Crippen LogP contribution in [0.25, 0.3) is 0 Å². The number of aliphatic imine (C=N–C) groups is 6. The lowest BCUT2D eigenvalue weighted by atomic mass is 10.2. The standard InChI is InChI=1S/C24H20NP.C20H22N4.C8H12N2O2/c1-5-13-21(14-6-1)25-26(22-15-7-2-8-16-22,23-17-9-3-10-18-23)24-19-11-4-12-20-24;1(9-15-21-17-23-19-11-5-3-6-12-19)2-10-16-22-18-24-20-13-7-4-8-14-20;11-7-9-5-3-1-2-4-6-10-8-12/h1-20H;3-8,11-14H,1-2,9-10,15-16H2;1-6H2. The molecule has 0 heterocycles. The molecule has 0 unspecified atom stereocenters. The summed E-state index contributed by atoms with van der Waals surface area (Å²) < 4.78 is 5.41. The first kappa shape index (κ1) is 47.7. The molecule has 0 atom stereocenters. The Bertz CT molecular complexity index is 2200. The summed E-state index contributed by atoms with van der Waals surface area (Å²) in [6.45, 7) is 2.66. The van der Waals surface area contributed by atoms with Gasteiger partial charge in [0.1, 0.15) is 0 Å². The molecule has 0 radical (unpaired) electrons. The molecule has 6 aromatic carbocycles. The van der Waals surface area contributed by atoms with Gasteiger partial charge in [-0.15, -0.1) is 0 Å². The highest BCUT2D eigenvalue weighted by atomic mass is 31.2. The first-order chi connectivity index (χ1) is 30.8. The van der Waals surface area contributed by atoms with E-state index in [-0.39, 0.29) is 0 Å². The third-order valence-corrected chi connectivity index (χ3v) is 12.8. The molecule has 0 aliphatic carbocycles. The molecule has 314 valence electrons. The van der Waals surface area contributed by atoms with E-state index in [0.717, 1.165) is 81.5 Å². The Balaban J connectivity index is 0.000000219. The average Bonchev–Trinajstić information content (AvgIpc) is 3.34. The molecule has 0 fully saturated rings. The van der Waals surface area contributed by atoms with E-state index < -0.39 is 7.05 Å². The average molecular weight is 840 g/mol. The molecular formula is C52H54N7O2P. The Morgan fingerprint density at radius 2 is 0.597 bits per heavy atom. The minimum Gasteiger partial charge on any atom is -0.254 e. The number of unbranched alkanes of at least 4 members (excludes halogenated alkanes) is 6. The molecule has 0 amide bonds. The number of isocyanates is 2. The van der Waals surface area contributed by atoms with E-state index in [9.17, 15) is 9.59 Å². The van der Waals surface area contributed by atoms with Crippen molar-refractivity contribution in [3.8, 4) is 0 Å². The van der Waals surface area contributed by atoms with Gasteiger partial charge < -0.3 is 0 Å². The zero-order chi connectivity index (χ0) is 43.4. The first-order valence-electron chi connectivity index (χ1n) is 21.0. The predicted molar refractivity (Wildman–Crippen MR) is 258 cm³/mol. The van der Waals surface area contributed by atoms with Gasteiger partial charge in [0, 0.05) is 29.0 Å². The normalized spacial score (nSPS) is 9.94. The Hall–Kier alpha value is -6.93. The van der Waals surface area contributed by atoms with E-state index in [1.165, 1.54) is 28.1 Å². The molecule has 0 aliphatic heterocycles. The van der Waals surface area contributed by atoms with Crippen molar-refractivity contribution < 1.29 is 9.59 Å². The lowest BCUT2D eigenvalue weighted by Crippen LogP contribution is -2.25. The van der Waals surface area contributed by atoms with Gasteiger partial charge in [0.25, 0.3) is 0 Å². The van der Waals surface area contributed by atoms with Gasteiger partial charge in [-0.05, 0) is 62.1 Å². The van der Waals surface area contributed by atoms with E-state index >= 15 is 0 Å². The van der Waals surface area contributed by atoms with Gasteiger partial charge in [-0.1, -0.05) is 171 Å². The smallest absolute Gasteiger partial charge is 0.234 e. The van der Waals surface area contributed by atoms with E-state index in [1.54, 1.807) is 0 Å². The van der Waals surface area contributed by atoms with Crippen molar-refractivity contribution in [1.29, 1.82) is 0 Å². The van der Waals surface area contributed by atoms with E-state index in [0.29, 0.717) is 13.1 Å². The second-order valence-electron chi connectivity index (χ2n) is 13.7. The van der Waals surface area contributed by atoms with Crippen LogP contribution in [0.3, 0.4) is 0 Å². The van der Waals surface area contributed by atoms with Crippen molar-refractivity contribution in [1.82, 2.24) is 0 Å². The van der Waals surface area contributed by atoms with Crippen molar-refractivity contribution in [2.75, 3.05) is 26.2 Å². The summed E-state index contributed by atoms with van der Waals surface area (Å²) in [6, 6.07) is 67.4. The third kappa shape index (κ3) is 18.6. The number of nitrogens with zero attached hydrogens (tertiary/aromatic N) is 7. The molecule has 62 heavy (non-hydrogen) atoms. The number of benzene rings is 6. The summed E-state index contributed by atoms with van der Waals surface area (Å²) in [4.78, 5) is 42.7. The monoisotopic (exact) mass is 839 g/mol. The van der Waals surface area contributed by atoms with Crippen molar-refractivity contribution in [3.63, 3.8) is 0 Å². The van der Waals surface area contributed by atoms with Crippen LogP contribution in [0.5, 0.6) is 0 Å². The van der Waals surface area contributed by atoms with Crippen molar-refractivity contribution >= 4 is 64.2 Å². The topological polar surface area (TPSA) is 121 Å². The second kappa shape index (κ2) is 31.0. The highest BCUT2D eigenvalue weighted by molar-refractivity contribution is 7.87. The molecule has 0 spiro atoms. The van der Waals surface area contributed by atoms with Gasteiger partial charge in [0.15, 0.2) is 0 Å². The van der Waals surface area contributed by atoms with Crippen LogP contribution in [-0.2, 0) is 9.59 Å². The number of hydrogen-bond acceptors (Lipinski definition) is 9. The lowest BCUT2D eigenvalue weighted by molar-refractivity contribution is 0.558. The van der Waals surface area contributed by atoms with Crippen LogP contribution in [0.1, 0.15) is 51.4 Å². The predicted octanol–water partition coefficient (Wildman–Crippen LogP) is 12.3. The second-order valence-corrected chi connectivity index (χ2v) is 16.7. The maximum atomic E-state index is 9.63. The number of rotatable bonds is 20. The fraction of sp³-hybridized carbons (Fsp3) is 0.231. The fourth-order valence-corrected chi connectivity index (χ4v) is 9.60. The highest BCUT2D eigenvalue weighted by Crippen LogP contribution is 2.49. The summed E-state index contributed by atoms with van der Waals surface area (Å²) >= 11 is 0. The zero-order valence-electron chi connectivity index (χ0n) is 35.2. The summed E-state index contributed by atoms with van der Waals surface area (Å²) in [5, 5.41) is 3.80.